The van der Waals surface area contributed by atoms with Gasteiger partial charge in [-0.05, 0) is 0 Å². The number of hydrogen-bond donors (Lipinski definition) is 6. The molecule has 4 aromatic rings. The predicted molar refractivity (Wildman–Crippen MR) is 130 cm³/mol. The van der Waals surface area contributed by atoms with Crippen molar-refractivity contribution in [2.24, 2.45) is 0 Å². The molecule has 21 heteroatoms. The van der Waals surface area contributed by atoms with Crippen LogP contribution in [0.3, 0.4) is 0 Å². The number of nitrogens with two attached hydrogens (primary N) is 1. The van der Waals surface area contributed by atoms with E-state index in [4.69, 9.17) is 24.3 Å². The number of alkyl halides is 1. The molecule has 3 aliphatic rings. The van der Waals surface area contributed by atoms with Gasteiger partial charge < -0.3 is 35.3 Å². The van der Waals surface area contributed by atoms with Crippen molar-refractivity contribution in [2.45, 2.75) is 55.1 Å². The molecule has 2 aliphatic heterocycles. The third-order valence-electron chi connectivity index (χ3n) is 7.28. The van der Waals surface area contributed by atoms with Crippen LogP contribution in [0.5, 0.6) is 0 Å². The van der Waals surface area contributed by atoms with Gasteiger partial charge in [-0.15, -0.1) is 0 Å². The zero-order valence-electron chi connectivity index (χ0n) is 20.5. The second-order valence-electron chi connectivity index (χ2n) is 9.77. The average Bonchev–Trinajstić information content (AvgIpc) is 3.48. The molecule has 7 rings (SSSR count). The van der Waals surface area contributed by atoms with Crippen LogP contribution in [0.2, 0.25) is 0 Å². The first-order chi connectivity index (χ1) is 19.5. The summed E-state index contributed by atoms with van der Waals surface area (Å²) < 4.78 is 52.6. The lowest BCUT2D eigenvalue weighted by molar-refractivity contribution is -0.0697. The number of aliphatic hydroxyl groups excluding tert-OH is 1. The first kappa shape index (κ1) is 26.3. The van der Waals surface area contributed by atoms with E-state index in [0.29, 0.717) is 0 Å². The maximum Gasteiger partial charge on any atom is 0.473 e. The summed E-state index contributed by atoms with van der Waals surface area (Å²) in [6.07, 6.45) is -6.50. The Morgan fingerprint density at radius 2 is 1.83 bits per heavy atom. The number of H-pyrrole nitrogens is 2. The van der Waals surface area contributed by atoms with Crippen LogP contribution >= 0.6 is 7.82 Å². The Hall–Kier alpha value is -3.62. The van der Waals surface area contributed by atoms with Gasteiger partial charge >= 0.3 is 7.82 Å². The maximum absolute atomic E-state index is 15.5. The molecular formula is C20H21FN9O10P. The Morgan fingerprint density at radius 3 is 2.51 bits per heavy atom. The Kier molecular flexibility index (Phi) is 5.73. The Bertz CT molecular complexity index is 1840. The molecule has 19 nitrogen and oxygen atoms in total. The quantitative estimate of drug-likeness (QED) is 0.125. The van der Waals surface area contributed by atoms with Crippen LogP contribution < -0.4 is 16.9 Å². The van der Waals surface area contributed by atoms with Gasteiger partial charge in [-0.1, -0.05) is 0 Å². The van der Waals surface area contributed by atoms with E-state index in [1.54, 1.807) is 0 Å². The molecule has 6 heterocycles. The Labute approximate surface area is 225 Å². The SMILES string of the molecule is Nc1nc2c(ncn2[C@@H]2O[C@H](CO)C[C@H]2OP(=O)(O)OC2[C@H]3O[C@@H](n4cnc5c(=O)[nH]cnc54)[C@@H](F)[C@@]23O)c(=O)[nH]1. The van der Waals surface area contributed by atoms with Crippen molar-refractivity contribution < 1.29 is 42.6 Å². The first-order valence-electron chi connectivity index (χ1n) is 12.1. The highest BCUT2D eigenvalue weighted by Gasteiger charge is 2.80. The van der Waals surface area contributed by atoms with Crippen molar-refractivity contribution in [3.63, 3.8) is 0 Å². The van der Waals surface area contributed by atoms with Gasteiger partial charge in [0.05, 0.1) is 31.7 Å². The molecule has 7 N–H and O–H groups in total. The number of fused-ring (bicyclic) bond motifs is 3. The lowest BCUT2D eigenvalue weighted by atomic mass is 10.2. The number of nitrogens with zero attached hydrogens (tertiary/aromatic N) is 6. The lowest BCUT2D eigenvalue weighted by Crippen LogP contribution is -2.34. The van der Waals surface area contributed by atoms with Gasteiger partial charge in [0.25, 0.3) is 11.1 Å². The molecule has 0 bridgehead atoms. The minimum absolute atomic E-state index is 0.00798. The topological polar surface area (TPSA) is 268 Å². The van der Waals surface area contributed by atoms with Crippen molar-refractivity contribution in [1.82, 2.24) is 39.0 Å². The molecule has 2 unspecified atom stereocenters. The monoisotopic (exact) mass is 597 g/mol. The number of ether oxygens (including phenoxy) is 2. The van der Waals surface area contributed by atoms with Crippen molar-refractivity contribution in [3.8, 4) is 0 Å². The predicted octanol–water partition coefficient (Wildman–Crippen LogP) is -2.03. The van der Waals surface area contributed by atoms with E-state index < -0.39 is 74.2 Å². The Morgan fingerprint density at radius 1 is 1.12 bits per heavy atom. The van der Waals surface area contributed by atoms with E-state index in [-0.39, 0.29) is 34.7 Å². The van der Waals surface area contributed by atoms with Gasteiger partial charge in [0.15, 0.2) is 46.6 Å². The van der Waals surface area contributed by atoms with Crippen LogP contribution in [0.1, 0.15) is 18.9 Å². The molecule has 0 spiro atoms. The summed E-state index contributed by atoms with van der Waals surface area (Å²) >= 11 is 0. The molecule has 218 valence electrons. The minimum Gasteiger partial charge on any atom is -0.394 e. The highest BCUT2D eigenvalue weighted by atomic mass is 31.2. The maximum atomic E-state index is 15.5. The number of phosphoric acid groups is 1. The van der Waals surface area contributed by atoms with E-state index >= 15 is 4.39 Å². The van der Waals surface area contributed by atoms with Gasteiger partial charge in [-0.25, -0.2) is 23.9 Å². The van der Waals surface area contributed by atoms with Gasteiger partial charge in [-0.2, -0.15) is 4.98 Å². The zero-order valence-corrected chi connectivity index (χ0v) is 21.4. The van der Waals surface area contributed by atoms with E-state index in [1.807, 2.05) is 0 Å². The molecule has 41 heavy (non-hydrogen) atoms. The van der Waals surface area contributed by atoms with Crippen molar-refractivity contribution in [3.05, 3.63) is 39.7 Å². The van der Waals surface area contributed by atoms with Gasteiger partial charge in [0.1, 0.15) is 18.3 Å². The number of aliphatic hydroxyl groups is 2. The van der Waals surface area contributed by atoms with Crippen molar-refractivity contribution in [2.75, 3.05) is 12.3 Å². The van der Waals surface area contributed by atoms with Gasteiger partial charge in [-0.3, -0.25) is 32.8 Å². The molecule has 4 aromatic heterocycles. The van der Waals surface area contributed by atoms with Gasteiger partial charge in [0.2, 0.25) is 5.95 Å². The molecule has 3 fully saturated rings. The van der Waals surface area contributed by atoms with Crippen LogP contribution in [-0.2, 0) is 23.1 Å². The summed E-state index contributed by atoms with van der Waals surface area (Å²) in [5, 5.41) is 20.5. The van der Waals surface area contributed by atoms with E-state index in [2.05, 4.69) is 29.9 Å². The number of hydrogen-bond acceptors (Lipinski definition) is 14. The molecule has 0 amide bonds. The van der Waals surface area contributed by atoms with E-state index in [9.17, 15) is 29.3 Å². The number of nitrogen functional groups attached to an aromatic ring is 1. The number of aromatic amines is 2. The molecule has 1 saturated carbocycles. The highest BCUT2D eigenvalue weighted by molar-refractivity contribution is 7.47. The lowest BCUT2D eigenvalue weighted by Gasteiger charge is -2.25. The summed E-state index contributed by atoms with van der Waals surface area (Å²) in [4.78, 5) is 55.1. The summed E-state index contributed by atoms with van der Waals surface area (Å²) in [5.74, 6) is -0.214. The van der Waals surface area contributed by atoms with Crippen LogP contribution in [0.25, 0.3) is 22.3 Å². The summed E-state index contributed by atoms with van der Waals surface area (Å²) in [6, 6.07) is 0. The third kappa shape index (κ3) is 3.95. The standard InChI is InChI=1S/C20H21FN9O10P/c21-10-18(29-4-25-8-13(29)23-3-24-15(8)32)38-11-12(20(10,11)34)40-41(35,36)39-7-1-6(2-31)37-17(7)30-5-26-9-14(30)27-19(22)28-16(9)33/h3-7,10-12,17-18,31,34H,1-2H2,(H,35,36)(H,23,24,32)(H3,22,27,28,33)/t6-,7+,10+,11+,12?,17+,18+,20-/m0/s1. The summed E-state index contributed by atoms with van der Waals surface area (Å²) in [7, 11) is -5.03. The fourth-order valence-corrected chi connectivity index (χ4v) is 6.46. The second-order valence-corrected chi connectivity index (χ2v) is 11.1. The van der Waals surface area contributed by atoms with Crippen LogP contribution in [0.4, 0.5) is 10.3 Å². The molecule has 0 aromatic carbocycles. The number of anilines is 1. The summed E-state index contributed by atoms with van der Waals surface area (Å²) in [5.41, 5.74) is 1.98. The number of nitrogens with one attached hydrogen (secondary N) is 2. The molecule has 1 aliphatic carbocycles. The van der Waals surface area contributed by atoms with Crippen molar-refractivity contribution >= 4 is 36.1 Å². The fourth-order valence-electron chi connectivity index (χ4n) is 5.31. The van der Waals surface area contributed by atoms with E-state index in [0.717, 1.165) is 17.2 Å². The van der Waals surface area contributed by atoms with Crippen LogP contribution in [0, 0.1) is 0 Å². The highest BCUT2D eigenvalue weighted by Crippen LogP contribution is 2.62. The number of halogens is 1. The fraction of sp³-hybridized carbons (Fsp3) is 0.500. The number of rotatable bonds is 7. The minimum atomic E-state index is -5.03. The number of phosphoric ester groups is 1. The molecule has 2 saturated heterocycles. The zero-order chi connectivity index (χ0) is 28.8. The van der Waals surface area contributed by atoms with Crippen LogP contribution in [0.15, 0.2) is 28.6 Å². The Balaban J connectivity index is 1.09. The van der Waals surface area contributed by atoms with E-state index in [1.165, 1.54) is 10.9 Å². The second kappa shape index (κ2) is 8.94. The molecular weight excluding hydrogens is 576 g/mol. The smallest absolute Gasteiger partial charge is 0.394 e. The summed E-state index contributed by atoms with van der Waals surface area (Å²) in [6.45, 7) is -0.470. The van der Waals surface area contributed by atoms with Crippen LogP contribution in [-0.4, -0.2) is 96.9 Å². The normalized spacial score (nSPS) is 34.3. The van der Waals surface area contributed by atoms with Gasteiger partial charge in [0, 0.05) is 6.42 Å². The first-order valence-corrected chi connectivity index (χ1v) is 13.6. The number of aromatic nitrogens is 8. The number of imidazole rings is 2. The largest absolute Gasteiger partial charge is 0.473 e. The average molecular weight is 597 g/mol. The van der Waals surface area contributed by atoms with Crippen molar-refractivity contribution in [1.29, 1.82) is 0 Å². The third-order valence-corrected chi connectivity index (χ3v) is 8.31. The molecule has 9 atom stereocenters. The molecule has 0 radical (unpaired) electrons.